The van der Waals surface area contributed by atoms with Gasteiger partial charge in [-0.1, -0.05) is 6.07 Å². The van der Waals surface area contributed by atoms with E-state index in [1.807, 2.05) is 18.3 Å². The number of aromatic nitrogens is 6. The molecule has 0 fully saturated rings. The number of nitrogens with one attached hydrogen (secondary N) is 1. The molecular weight excluding hydrogens is 373 g/mol. The minimum atomic E-state index is -4.34. The van der Waals surface area contributed by atoms with E-state index in [-0.39, 0.29) is 0 Å². The highest BCUT2D eigenvalue weighted by Crippen LogP contribution is 2.24. The number of pyridine rings is 2. The smallest absolute Gasteiger partial charge is 0.396 e. The zero-order valence-electron chi connectivity index (χ0n) is 14.4. The van der Waals surface area contributed by atoms with Crippen molar-refractivity contribution in [1.82, 2.24) is 29.4 Å². The minimum Gasteiger partial charge on any atom is -0.396 e. The molecule has 0 aliphatic rings. The van der Waals surface area contributed by atoms with Crippen molar-refractivity contribution >= 4 is 17.2 Å². The Bertz CT molecular complexity index is 1110. The summed E-state index contributed by atoms with van der Waals surface area (Å²) in [4.78, 5) is 8.50. The summed E-state index contributed by atoms with van der Waals surface area (Å²) in [5.74, 6) is 0.430. The molecule has 144 valence electrons. The number of anilines is 2. The first-order valence-electron chi connectivity index (χ1n) is 8.26. The molecule has 8 nitrogen and oxygen atoms in total. The SMILES string of the molecule is Nc1ccc(-c2cnn(CC(F)(F)F)c2)nc1NCc1ccc2ncnn2c1. The van der Waals surface area contributed by atoms with Crippen LogP contribution in [0.1, 0.15) is 5.56 Å². The van der Waals surface area contributed by atoms with Crippen LogP contribution in [0.5, 0.6) is 0 Å². The van der Waals surface area contributed by atoms with Gasteiger partial charge < -0.3 is 11.1 Å². The molecule has 4 aromatic rings. The van der Waals surface area contributed by atoms with Crippen LogP contribution in [0.4, 0.5) is 24.7 Å². The molecule has 28 heavy (non-hydrogen) atoms. The molecule has 0 amide bonds. The first-order valence-corrected chi connectivity index (χ1v) is 8.26. The fraction of sp³-hybridized carbons (Fsp3) is 0.176. The monoisotopic (exact) mass is 388 g/mol. The van der Waals surface area contributed by atoms with Crippen LogP contribution in [-0.4, -0.2) is 35.5 Å². The van der Waals surface area contributed by atoms with Crippen molar-refractivity contribution in [2.45, 2.75) is 19.3 Å². The standard InChI is InChI=1S/C17H15F3N8/c18-17(19,20)9-27-8-12(6-24-27)14-3-2-13(21)16(26-14)22-5-11-1-4-15-23-10-25-28(15)7-11/h1-4,6-8,10H,5,9,21H2,(H,22,26). The number of nitrogen functional groups attached to an aromatic ring is 1. The molecule has 0 saturated carbocycles. The summed E-state index contributed by atoms with van der Waals surface area (Å²) in [6.07, 6.45) is 1.60. The van der Waals surface area contributed by atoms with E-state index in [4.69, 9.17) is 5.73 Å². The summed E-state index contributed by atoms with van der Waals surface area (Å²) < 4.78 is 40.0. The van der Waals surface area contributed by atoms with E-state index < -0.39 is 12.7 Å². The topological polar surface area (TPSA) is 98.9 Å². The molecule has 3 N–H and O–H groups in total. The lowest BCUT2D eigenvalue weighted by Gasteiger charge is -2.10. The lowest BCUT2D eigenvalue weighted by molar-refractivity contribution is -0.142. The molecule has 0 aromatic carbocycles. The number of hydrogen-bond donors (Lipinski definition) is 2. The molecule has 0 spiro atoms. The molecule has 0 aliphatic heterocycles. The number of hydrogen-bond acceptors (Lipinski definition) is 6. The van der Waals surface area contributed by atoms with Crippen molar-refractivity contribution < 1.29 is 13.2 Å². The van der Waals surface area contributed by atoms with Crippen LogP contribution in [0.25, 0.3) is 16.9 Å². The van der Waals surface area contributed by atoms with E-state index in [0.717, 1.165) is 15.9 Å². The van der Waals surface area contributed by atoms with Gasteiger partial charge in [-0.2, -0.15) is 23.4 Å². The maximum atomic E-state index is 12.5. The number of alkyl halides is 3. The van der Waals surface area contributed by atoms with E-state index in [2.05, 4.69) is 25.5 Å². The van der Waals surface area contributed by atoms with Crippen molar-refractivity contribution in [2.75, 3.05) is 11.1 Å². The van der Waals surface area contributed by atoms with E-state index >= 15 is 0 Å². The van der Waals surface area contributed by atoms with E-state index in [9.17, 15) is 13.2 Å². The first kappa shape index (κ1) is 17.8. The molecule has 0 atom stereocenters. The van der Waals surface area contributed by atoms with Gasteiger partial charge >= 0.3 is 6.18 Å². The summed E-state index contributed by atoms with van der Waals surface area (Å²) in [5, 5.41) is 11.0. The molecule has 4 heterocycles. The molecule has 11 heteroatoms. The first-order chi connectivity index (χ1) is 13.4. The zero-order valence-corrected chi connectivity index (χ0v) is 14.4. The van der Waals surface area contributed by atoms with Crippen molar-refractivity contribution in [1.29, 1.82) is 0 Å². The van der Waals surface area contributed by atoms with Gasteiger partial charge in [0.05, 0.1) is 17.6 Å². The highest BCUT2D eigenvalue weighted by Gasteiger charge is 2.28. The fourth-order valence-electron chi connectivity index (χ4n) is 2.69. The van der Waals surface area contributed by atoms with Gasteiger partial charge in [0, 0.05) is 24.5 Å². The van der Waals surface area contributed by atoms with Gasteiger partial charge in [0.15, 0.2) is 5.65 Å². The highest BCUT2D eigenvalue weighted by atomic mass is 19.4. The van der Waals surface area contributed by atoms with Gasteiger partial charge in [0.1, 0.15) is 18.7 Å². The molecule has 0 saturated heterocycles. The van der Waals surface area contributed by atoms with Crippen molar-refractivity contribution in [3.05, 3.63) is 54.7 Å². The van der Waals surface area contributed by atoms with Gasteiger partial charge in [-0.15, -0.1) is 0 Å². The average Bonchev–Trinajstić information content (AvgIpc) is 3.28. The van der Waals surface area contributed by atoms with Crippen LogP contribution in [0.3, 0.4) is 0 Å². The number of halogens is 3. The quantitative estimate of drug-likeness (QED) is 0.545. The van der Waals surface area contributed by atoms with Gasteiger partial charge in [-0.25, -0.2) is 14.5 Å². The van der Waals surface area contributed by atoms with Crippen LogP contribution in [0.2, 0.25) is 0 Å². The normalized spacial score (nSPS) is 11.8. The lowest BCUT2D eigenvalue weighted by atomic mass is 10.2. The minimum absolute atomic E-state index is 0.424. The van der Waals surface area contributed by atoms with Crippen LogP contribution >= 0.6 is 0 Å². The maximum absolute atomic E-state index is 12.5. The van der Waals surface area contributed by atoms with Gasteiger partial charge in [-0.05, 0) is 23.8 Å². The van der Waals surface area contributed by atoms with E-state index in [0.29, 0.717) is 29.3 Å². The lowest BCUT2D eigenvalue weighted by Crippen LogP contribution is -2.17. The number of fused-ring (bicyclic) bond motifs is 1. The molecule has 4 aromatic heterocycles. The third-order valence-electron chi connectivity index (χ3n) is 3.99. The Morgan fingerprint density at radius 3 is 2.75 bits per heavy atom. The van der Waals surface area contributed by atoms with E-state index in [1.54, 1.807) is 16.6 Å². The van der Waals surface area contributed by atoms with Gasteiger partial charge in [0.25, 0.3) is 0 Å². The Labute approximate surface area is 156 Å². The molecule has 0 bridgehead atoms. The molecular formula is C17H15F3N8. The Hall–Kier alpha value is -3.63. The zero-order chi connectivity index (χ0) is 19.7. The van der Waals surface area contributed by atoms with Crippen molar-refractivity contribution in [3.8, 4) is 11.3 Å². The summed E-state index contributed by atoms with van der Waals surface area (Å²) in [6, 6.07) is 7.02. The van der Waals surface area contributed by atoms with Crippen molar-refractivity contribution in [2.24, 2.45) is 0 Å². The molecule has 0 radical (unpaired) electrons. The van der Waals surface area contributed by atoms with Gasteiger partial charge in [-0.3, -0.25) is 4.68 Å². The van der Waals surface area contributed by atoms with E-state index in [1.165, 1.54) is 18.7 Å². The van der Waals surface area contributed by atoms with Crippen LogP contribution < -0.4 is 11.1 Å². The van der Waals surface area contributed by atoms with Crippen LogP contribution in [0.15, 0.2) is 49.2 Å². The third kappa shape index (κ3) is 3.87. The number of nitrogens with two attached hydrogens (primary N) is 1. The van der Waals surface area contributed by atoms with Crippen LogP contribution in [-0.2, 0) is 13.1 Å². The largest absolute Gasteiger partial charge is 0.408 e. The maximum Gasteiger partial charge on any atom is 0.408 e. The number of nitrogens with zero attached hydrogens (tertiary/aromatic N) is 6. The molecule has 0 unspecified atom stereocenters. The Balaban J connectivity index is 1.52. The third-order valence-corrected chi connectivity index (χ3v) is 3.99. The Morgan fingerprint density at radius 1 is 1.07 bits per heavy atom. The second-order valence-electron chi connectivity index (χ2n) is 6.13. The molecule has 0 aliphatic carbocycles. The average molecular weight is 388 g/mol. The van der Waals surface area contributed by atoms with Gasteiger partial charge in [0.2, 0.25) is 0 Å². The second kappa shape index (κ2) is 6.83. The predicted molar refractivity (Wildman–Crippen MR) is 96.2 cm³/mol. The predicted octanol–water partition coefficient (Wildman–Crippen LogP) is 2.74. The van der Waals surface area contributed by atoms with Crippen LogP contribution in [0, 0.1) is 0 Å². The second-order valence-corrected chi connectivity index (χ2v) is 6.13. The summed E-state index contributed by atoms with van der Waals surface area (Å²) in [7, 11) is 0. The summed E-state index contributed by atoms with van der Waals surface area (Å²) >= 11 is 0. The Morgan fingerprint density at radius 2 is 1.93 bits per heavy atom. The summed E-state index contributed by atoms with van der Waals surface area (Å²) in [5.41, 5.74) is 9.00. The Kier molecular flexibility index (Phi) is 4.34. The highest BCUT2D eigenvalue weighted by molar-refractivity contribution is 5.68. The summed E-state index contributed by atoms with van der Waals surface area (Å²) in [6.45, 7) is -0.721. The number of rotatable bonds is 5. The van der Waals surface area contributed by atoms with Crippen molar-refractivity contribution in [3.63, 3.8) is 0 Å². The fourth-order valence-corrected chi connectivity index (χ4v) is 2.69. The molecule has 4 rings (SSSR count).